The molecule has 2 aromatic carbocycles. The Bertz CT molecular complexity index is 1040. The number of benzene rings is 2. The van der Waals surface area contributed by atoms with Crippen molar-refractivity contribution in [1.29, 1.82) is 0 Å². The van der Waals surface area contributed by atoms with Gasteiger partial charge in [0.15, 0.2) is 0 Å². The maximum Gasteiger partial charge on any atom is 0.232 e. The van der Waals surface area contributed by atoms with Crippen molar-refractivity contribution >= 4 is 39.1 Å². The first-order valence-electron chi connectivity index (χ1n) is 7.97. The molecule has 1 aromatic heterocycles. The topological polar surface area (TPSA) is 59.2 Å². The van der Waals surface area contributed by atoms with Crippen molar-refractivity contribution in [2.75, 3.05) is 11.4 Å². The van der Waals surface area contributed by atoms with Crippen molar-refractivity contribution in [1.82, 2.24) is 10.1 Å². The molecule has 4 rings (SSSR count). The molecule has 9 heteroatoms. The van der Waals surface area contributed by atoms with Crippen molar-refractivity contribution in [3.05, 3.63) is 63.4 Å². The zero-order chi connectivity index (χ0) is 19.1. The van der Waals surface area contributed by atoms with Crippen LogP contribution in [-0.4, -0.2) is 22.6 Å². The maximum absolute atomic E-state index is 13.4. The average Bonchev–Trinajstić information content (AvgIpc) is 3.27. The standard InChI is InChI=1S/C18H11BrClF2N3O2/c19-12-5-9(1-3-14(12)21)17-23-18(27-24-17)10-6-16(26)25(8-10)11-2-4-15(22)13(20)7-11/h1-5,7,10H,6,8H2. The summed E-state index contributed by atoms with van der Waals surface area (Å²) in [6.07, 6.45) is 0.184. The van der Waals surface area contributed by atoms with Gasteiger partial charge in [-0.25, -0.2) is 8.78 Å². The lowest BCUT2D eigenvalue weighted by molar-refractivity contribution is -0.117. The fourth-order valence-corrected chi connectivity index (χ4v) is 3.48. The number of carbonyl (C=O) groups is 1. The Balaban J connectivity index is 1.56. The fourth-order valence-electron chi connectivity index (χ4n) is 2.93. The Morgan fingerprint density at radius 2 is 1.96 bits per heavy atom. The molecule has 1 aliphatic heterocycles. The smallest absolute Gasteiger partial charge is 0.232 e. The molecule has 1 atom stereocenters. The highest BCUT2D eigenvalue weighted by Gasteiger charge is 2.35. The highest BCUT2D eigenvalue weighted by atomic mass is 79.9. The van der Waals surface area contributed by atoms with Crippen molar-refractivity contribution in [2.24, 2.45) is 0 Å². The van der Waals surface area contributed by atoms with Crippen molar-refractivity contribution in [3.8, 4) is 11.4 Å². The van der Waals surface area contributed by atoms with Gasteiger partial charge in [-0.3, -0.25) is 4.79 Å². The zero-order valence-electron chi connectivity index (χ0n) is 13.6. The first-order valence-corrected chi connectivity index (χ1v) is 9.14. The van der Waals surface area contributed by atoms with Crippen LogP contribution in [-0.2, 0) is 4.79 Å². The Labute approximate surface area is 166 Å². The molecule has 0 bridgehead atoms. The van der Waals surface area contributed by atoms with E-state index in [0.717, 1.165) is 0 Å². The van der Waals surface area contributed by atoms with Gasteiger partial charge in [-0.1, -0.05) is 16.8 Å². The summed E-state index contributed by atoms with van der Waals surface area (Å²) < 4.78 is 32.3. The van der Waals surface area contributed by atoms with Crippen LogP contribution in [0.3, 0.4) is 0 Å². The Hall–Kier alpha value is -2.32. The number of anilines is 1. The van der Waals surface area contributed by atoms with Crippen LogP contribution < -0.4 is 4.90 Å². The molecule has 0 saturated carbocycles. The second kappa shape index (κ2) is 7.01. The molecule has 0 radical (unpaired) electrons. The maximum atomic E-state index is 13.4. The van der Waals surface area contributed by atoms with Gasteiger partial charge in [0.25, 0.3) is 0 Å². The molecule has 1 saturated heterocycles. The SMILES string of the molecule is O=C1CC(c2nc(-c3ccc(F)c(Br)c3)no2)CN1c1ccc(F)c(Cl)c1. The van der Waals surface area contributed by atoms with Gasteiger partial charge in [0.05, 0.1) is 15.4 Å². The molecule has 0 N–H and O–H groups in total. The minimum atomic E-state index is -0.546. The molecule has 1 fully saturated rings. The fraction of sp³-hybridized carbons (Fsp3) is 0.167. The number of rotatable bonds is 3. The van der Waals surface area contributed by atoms with E-state index in [9.17, 15) is 13.6 Å². The van der Waals surface area contributed by atoms with Gasteiger partial charge >= 0.3 is 0 Å². The van der Waals surface area contributed by atoms with E-state index in [4.69, 9.17) is 16.1 Å². The summed E-state index contributed by atoms with van der Waals surface area (Å²) in [5, 5.41) is 3.87. The van der Waals surface area contributed by atoms with Gasteiger partial charge in [-0.15, -0.1) is 0 Å². The molecule has 1 amide bonds. The van der Waals surface area contributed by atoms with E-state index in [1.165, 1.54) is 29.2 Å². The van der Waals surface area contributed by atoms with Crippen LogP contribution in [0.1, 0.15) is 18.2 Å². The van der Waals surface area contributed by atoms with E-state index >= 15 is 0 Å². The lowest BCUT2D eigenvalue weighted by Crippen LogP contribution is -2.24. The summed E-state index contributed by atoms with van der Waals surface area (Å²) in [4.78, 5) is 18.2. The first kappa shape index (κ1) is 18.1. The van der Waals surface area contributed by atoms with Crippen LogP contribution in [0.2, 0.25) is 5.02 Å². The van der Waals surface area contributed by atoms with Crippen LogP contribution in [0.15, 0.2) is 45.4 Å². The minimum Gasteiger partial charge on any atom is -0.339 e. The third-order valence-electron chi connectivity index (χ3n) is 4.31. The third-order valence-corrected chi connectivity index (χ3v) is 5.21. The first-order chi connectivity index (χ1) is 12.9. The van der Waals surface area contributed by atoms with Crippen molar-refractivity contribution in [3.63, 3.8) is 0 Å². The molecule has 27 heavy (non-hydrogen) atoms. The molecule has 2 heterocycles. The number of hydrogen-bond acceptors (Lipinski definition) is 4. The summed E-state index contributed by atoms with van der Waals surface area (Å²) in [6.45, 7) is 0.315. The highest BCUT2D eigenvalue weighted by Crippen LogP contribution is 2.33. The number of carbonyl (C=O) groups excluding carboxylic acids is 1. The molecule has 1 aliphatic rings. The minimum absolute atomic E-state index is 0.0503. The zero-order valence-corrected chi connectivity index (χ0v) is 16.0. The Morgan fingerprint density at radius 3 is 2.70 bits per heavy atom. The average molecular weight is 455 g/mol. The molecular formula is C18H11BrClF2N3O2. The van der Waals surface area contributed by atoms with E-state index in [1.54, 1.807) is 12.1 Å². The molecule has 0 aliphatic carbocycles. The van der Waals surface area contributed by atoms with E-state index in [0.29, 0.717) is 34.0 Å². The highest BCUT2D eigenvalue weighted by molar-refractivity contribution is 9.10. The van der Waals surface area contributed by atoms with E-state index in [-0.39, 0.29) is 23.3 Å². The van der Waals surface area contributed by atoms with Crippen molar-refractivity contribution < 1.29 is 18.1 Å². The number of halogens is 4. The summed E-state index contributed by atoms with van der Waals surface area (Å²) >= 11 is 8.92. The number of amides is 1. The van der Waals surface area contributed by atoms with Gasteiger partial charge in [0.2, 0.25) is 17.6 Å². The summed E-state index contributed by atoms with van der Waals surface area (Å²) in [5.41, 5.74) is 1.10. The summed E-state index contributed by atoms with van der Waals surface area (Å²) in [7, 11) is 0. The number of hydrogen-bond donors (Lipinski definition) is 0. The second-order valence-electron chi connectivity index (χ2n) is 6.09. The summed E-state index contributed by atoms with van der Waals surface area (Å²) in [5.74, 6) is -0.762. The number of aromatic nitrogens is 2. The molecule has 1 unspecified atom stereocenters. The van der Waals surface area contributed by atoms with E-state index in [1.807, 2.05) is 0 Å². The van der Waals surface area contributed by atoms with Gasteiger partial charge in [0, 0.05) is 24.2 Å². The normalized spacial score (nSPS) is 17.0. The van der Waals surface area contributed by atoms with Crippen LogP contribution in [0.5, 0.6) is 0 Å². The van der Waals surface area contributed by atoms with Crippen LogP contribution in [0.4, 0.5) is 14.5 Å². The lowest BCUT2D eigenvalue weighted by Gasteiger charge is -2.16. The third kappa shape index (κ3) is 3.46. The predicted octanol–water partition coefficient (Wildman–Crippen LogP) is 4.95. The molecular weight excluding hydrogens is 444 g/mol. The lowest BCUT2D eigenvalue weighted by atomic mass is 10.1. The van der Waals surface area contributed by atoms with E-state index < -0.39 is 11.6 Å². The number of nitrogens with zero attached hydrogens (tertiary/aromatic N) is 3. The van der Waals surface area contributed by atoms with E-state index in [2.05, 4.69) is 26.1 Å². The van der Waals surface area contributed by atoms with Gasteiger partial charge in [0.1, 0.15) is 11.6 Å². The van der Waals surface area contributed by atoms with Crippen LogP contribution >= 0.6 is 27.5 Å². The van der Waals surface area contributed by atoms with Crippen LogP contribution in [0, 0.1) is 11.6 Å². The molecule has 3 aromatic rings. The largest absolute Gasteiger partial charge is 0.339 e. The van der Waals surface area contributed by atoms with Gasteiger partial charge in [-0.2, -0.15) is 4.98 Å². The monoisotopic (exact) mass is 453 g/mol. The Kier molecular flexibility index (Phi) is 4.69. The van der Waals surface area contributed by atoms with Gasteiger partial charge in [-0.05, 0) is 52.3 Å². The van der Waals surface area contributed by atoms with Gasteiger partial charge < -0.3 is 9.42 Å². The quantitative estimate of drug-likeness (QED) is 0.562. The Morgan fingerprint density at radius 1 is 1.19 bits per heavy atom. The molecule has 138 valence electrons. The van der Waals surface area contributed by atoms with Crippen molar-refractivity contribution in [2.45, 2.75) is 12.3 Å². The van der Waals surface area contributed by atoms with Crippen LogP contribution in [0.25, 0.3) is 11.4 Å². The summed E-state index contributed by atoms with van der Waals surface area (Å²) in [6, 6.07) is 8.52. The molecule has 5 nitrogen and oxygen atoms in total. The molecule has 0 spiro atoms. The second-order valence-corrected chi connectivity index (χ2v) is 7.35. The predicted molar refractivity (Wildman–Crippen MR) is 98.5 cm³/mol.